The molecule has 70 valence electrons. The molecule has 0 N–H and O–H groups in total. The van der Waals surface area contributed by atoms with E-state index in [4.69, 9.17) is 0 Å². The van der Waals surface area contributed by atoms with Gasteiger partial charge in [0.05, 0.1) is 0 Å². The number of piperidine rings is 1. The summed E-state index contributed by atoms with van der Waals surface area (Å²) in [7, 11) is 1.89. The highest BCUT2D eigenvalue weighted by Gasteiger charge is 2.47. The van der Waals surface area contributed by atoms with Gasteiger partial charge in [-0.2, -0.15) is 0 Å². The fourth-order valence-electron chi connectivity index (χ4n) is 1.63. The highest BCUT2D eigenvalue weighted by molar-refractivity contribution is 5.83. The molecule has 1 amide bonds. The second kappa shape index (κ2) is 2.48. The van der Waals surface area contributed by atoms with Crippen molar-refractivity contribution < 1.29 is 4.79 Å². The van der Waals surface area contributed by atoms with Crippen molar-refractivity contribution in [3.8, 4) is 0 Å². The van der Waals surface area contributed by atoms with E-state index in [1.165, 1.54) is 0 Å². The molecule has 0 atom stereocenters. The van der Waals surface area contributed by atoms with Gasteiger partial charge in [0.15, 0.2) is 0 Å². The summed E-state index contributed by atoms with van der Waals surface area (Å²) >= 11 is 0. The lowest BCUT2D eigenvalue weighted by Crippen LogP contribution is -2.53. The van der Waals surface area contributed by atoms with Crippen LogP contribution in [0.15, 0.2) is 0 Å². The fourth-order valence-corrected chi connectivity index (χ4v) is 1.63. The van der Waals surface area contributed by atoms with Gasteiger partial charge in [-0.1, -0.05) is 27.7 Å². The topological polar surface area (TPSA) is 20.3 Å². The van der Waals surface area contributed by atoms with E-state index in [1.807, 2.05) is 25.8 Å². The minimum absolute atomic E-state index is 0.136. The SMILES string of the molecule is CN1CCC(C)(C)C(C)(C)C1=O. The molecule has 1 saturated heterocycles. The minimum Gasteiger partial charge on any atom is -0.345 e. The molecule has 1 fully saturated rings. The zero-order chi connectivity index (χ0) is 9.57. The van der Waals surface area contributed by atoms with Crippen LogP contribution in [-0.4, -0.2) is 24.4 Å². The van der Waals surface area contributed by atoms with Gasteiger partial charge in [0, 0.05) is 19.0 Å². The third-order valence-corrected chi connectivity index (χ3v) is 3.65. The molecule has 1 rings (SSSR count). The average molecular weight is 169 g/mol. The van der Waals surface area contributed by atoms with Gasteiger partial charge in [-0.25, -0.2) is 0 Å². The molecular weight excluding hydrogens is 150 g/mol. The number of rotatable bonds is 0. The van der Waals surface area contributed by atoms with E-state index in [-0.39, 0.29) is 16.7 Å². The van der Waals surface area contributed by atoms with Crippen LogP contribution in [0.5, 0.6) is 0 Å². The molecule has 0 unspecified atom stereocenters. The first-order valence-corrected chi connectivity index (χ1v) is 4.54. The summed E-state index contributed by atoms with van der Waals surface area (Å²) < 4.78 is 0. The van der Waals surface area contributed by atoms with E-state index in [2.05, 4.69) is 13.8 Å². The molecule has 0 aromatic rings. The number of carbonyl (C=O) groups excluding carboxylic acids is 1. The molecule has 0 radical (unpaired) electrons. The predicted octanol–water partition coefficient (Wildman–Crippen LogP) is 1.90. The Hall–Kier alpha value is -0.530. The highest BCUT2D eigenvalue weighted by atomic mass is 16.2. The monoisotopic (exact) mass is 169 g/mol. The number of carbonyl (C=O) groups is 1. The normalized spacial score (nSPS) is 27.4. The molecule has 0 aromatic heterocycles. The Morgan fingerprint density at radius 3 is 2.17 bits per heavy atom. The Morgan fingerprint density at radius 1 is 1.25 bits per heavy atom. The van der Waals surface area contributed by atoms with Crippen LogP contribution in [0.3, 0.4) is 0 Å². The van der Waals surface area contributed by atoms with Crippen LogP contribution < -0.4 is 0 Å². The second-order valence-corrected chi connectivity index (χ2v) is 4.99. The molecule has 12 heavy (non-hydrogen) atoms. The van der Waals surface area contributed by atoms with Gasteiger partial charge in [-0.05, 0) is 11.8 Å². The number of hydrogen-bond acceptors (Lipinski definition) is 1. The van der Waals surface area contributed by atoms with Crippen molar-refractivity contribution in [1.29, 1.82) is 0 Å². The van der Waals surface area contributed by atoms with E-state index in [0.717, 1.165) is 13.0 Å². The van der Waals surface area contributed by atoms with E-state index >= 15 is 0 Å². The zero-order valence-electron chi connectivity index (χ0n) is 8.77. The van der Waals surface area contributed by atoms with Gasteiger partial charge in [-0.3, -0.25) is 4.79 Å². The van der Waals surface area contributed by atoms with Gasteiger partial charge in [0.2, 0.25) is 5.91 Å². The summed E-state index contributed by atoms with van der Waals surface area (Å²) in [5, 5.41) is 0. The van der Waals surface area contributed by atoms with Crippen LogP contribution in [-0.2, 0) is 4.79 Å². The van der Waals surface area contributed by atoms with Crippen LogP contribution in [0.2, 0.25) is 0 Å². The Labute approximate surface area is 74.9 Å². The van der Waals surface area contributed by atoms with Crippen LogP contribution >= 0.6 is 0 Å². The first-order valence-electron chi connectivity index (χ1n) is 4.54. The molecule has 0 saturated carbocycles. The van der Waals surface area contributed by atoms with Gasteiger partial charge in [0.1, 0.15) is 0 Å². The Balaban J connectivity index is 2.96. The Kier molecular flexibility index (Phi) is 1.97. The lowest BCUT2D eigenvalue weighted by Gasteiger charge is -2.47. The second-order valence-electron chi connectivity index (χ2n) is 4.99. The van der Waals surface area contributed by atoms with Crippen molar-refractivity contribution in [2.45, 2.75) is 34.1 Å². The number of amides is 1. The number of hydrogen-bond donors (Lipinski definition) is 0. The molecule has 2 nitrogen and oxygen atoms in total. The quantitative estimate of drug-likeness (QED) is 0.542. The Morgan fingerprint density at radius 2 is 1.75 bits per heavy atom. The highest BCUT2D eigenvalue weighted by Crippen LogP contribution is 2.45. The standard InChI is InChI=1S/C10H19NO/c1-9(2)6-7-11(5)8(12)10(9,3)4/h6-7H2,1-5H3. The summed E-state index contributed by atoms with van der Waals surface area (Å²) in [6.45, 7) is 9.35. The first-order chi connectivity index (χ1) is 5.29. The van der Waals surface area contributed by atoms with E-state index in [1.54, 1.807) is 0 Å². The summed E-state index contributed by atoms with van der Waals surface area (Å²) in [6.07, 6.45) is 1.10. The van der Waals surface area contributed by atoms with Crippen LogP contribution in [0.1, 0.15) is 34.1 Å². The molecule has 1 heterocycles. The maximum Gasteiger partial charge on any atom is 0.228 e. The summed E-state index contributed by atoms with van der Waals surface area (Å²) in [6, 6.07) is 0. The maximum absolute atomic E-state index is 11.8. The van der Waals surface area contributed by atoms with E-state index < -0.39 is 0 Å². The maximum atomic E-state index is 11.8. The van der Waals surface area contributed by atoms with Gasteiger partial charge in [-0.15, -0.1) is 0 Å². The molecule has 0 aromatic carbocycles. The van der Waals surface area contributed by atoms with Crippen LogP contribution in [0.4, 0.5) is 0 Å². The first kappa shape index (κ1) is 9.56. The third kappa shape index (κ3) is 1.13. The van der Waals surface area contributed by atoms with E-state index in [9.17, 15) is 4.79 Å². The lowest BCUT2D eigenvalue weighted by atomic mass is 9.63. The third-order valence-electron chi connectivity index (χ3n) is 3.65. The van der Waals surface area contributed by atoms with Gasteiger partial charge >= 0.3 is 0 Å². The average Bonchev–Trinajstić information content (AvgIpc) is 1.96. The Bertz CT molecular complexity index is 206. The largest absolute Gasteiger partial charge is 0.345 e. The van der Waals surface area contributed by atoms with Crippen molar-refractivity contribution >= 4 is 5.91 Å². The van der Waals surface area contributed by atoms with E-state index in [0.29, 0.717) is 0 Å². The van der Waals surface area contributed by atoms with Gasteiger partial charge < -0.3 is 4.90 Å². The fraction of sp³-hybridized carbons (Fsp3) is 0.900. The summed E-state index contributed by atoms with van der Waals surface area (Å²) in [5.74, 6) is 0.277. The van der Waals surface area contributed by atoms with Crippen LogP contribution in [0.25, 0.3) is 0 Å². The van der Waals surface area contributed by atoms with Crippen molar-refractivity contribution in [1.82, 2.24) is 4.90 Å². The molecule has 0 spiro atoms. The lowest BCUT2D eigenvalue weighted by molar-refractivity contribution is -0.152. The smallest absolute Gasteiger partial charge is 0.228 e. The summed E-state index contributed by atoms with van der Waals surface area (Å²) in [5.41, 5.74) is -0.0728. The molecule has 0 aliphatic carbocycles. The minimum atomic E-state index is -0.208. The van der Waals surface area contributed by atoms with Crippen molar-refractivity contribution in [3.05, 3.63) is 0 Å². The zero-order valence-corrected chi connectivity index (χ0v) is 8.77. The molecule has 1 aliphatic rings. The predicted molar refractivity (Wildman–Crippen MR) is 49.8 cm³/mol. The van der Waals surface area contributed by atoms with Crippen LogP contribution in [0, 0.1) is 10.8 Å². The molecule has 2 heteroatoms. The van der Waals surface area contributed by atoms with Gasteiger partial charge in [0.25, 0.3) is 0 Å². The molecule has 0 bridgehead atoms. The van der Waals surface area contributed by atoms with Crippen molar-refractivity contribution in [2.24, 2.45) is 10.8 Å². The van der Waals surface area contributed by atoms with Crippen molar-refractivity contribution in [2.75, 3.05) is 13.6 Å². The summed E-state index contributed by atoms with van der Waals surface area (Å²) in [4.78, 5) is 13.6. The number of likely N-dealkylation sites (tertiary alicyclic amines) is 1. The molecule has 1 aliphatic heterocycles. The number of nitrogens with zero attached hydrogens (tertiary/aromatic N) is 1. The van der Waals surface area contributed by atoms with Crippen molar-refractivity contribution in [3.63, 3.8) is 0 Å². The molecular formula is C10H19NO.